The molecule has 1 amide bonds. The topological polar surface area (TPSA) is 75.7 Å². The number of sulfonamides is 1. The summed E-state index contributed by atoms with van der Waals surface area (Å²) in [5, 5.41) is 2.65. The summed E-state index contributed by atoms with van der Waals surface area (Å²) in [7, 11) is -3.38. The number of benzene rings is 1. The Morgan fingerprint density at radius 2 is 2.27 bits per heavy atom. The predicted molar refractivity (Wildman–Crippen MR) is 79.5 cm³/mol. The van der Waals surface area contributed by atoms with Gasteiger partial charge in [-0.25, -0.2) is 12.8 Å². The summed E-state index contributed by atoms with van der Waals surface area (Å²) in [6.07, 6.45) is 2.29. The number of hydrogen-bond donors (Lipinski definition) is 1. The SMILES string of the molecule is CS(=O)(=O)N1CCC[C@H]1C(=O)NCCOc1cccc(F)c1. The van der Waals surface area contributed by atoms with E-state index < -0.39 is 21.9 Å². The first-order chi connectivity index (χ1) is 10.4. The van der Waals surface area contributed by atoms with Gasteiger partial charge < -0.3 is 10.1 Å². The van der Waals surface area contributed by atoms with Gasteiger partial charge in [-0.2, -0.15) is 4.31 Å². The summed E-state index contributed by atoms with van der Waals surface area (Å²) in [4.78, 5) is 12.0. The quantitative estimate of drug-likeness (QED) is 0.781. The number of nitrogens with zero attached hydrogens (tertiary/aromatic N) is 1. The number of halogens is 1. The van der Waals surface area contributed by atoms with E-state index in [4.69, 9.17) is 4.74 Å². The number of rotatable bonds is 6. The van der Waals surface area contributed by atoms with Crippen molar-refractivity contribution < 1.29 is 22.3 Å². The normalized spacial score (nSPS) is 19.1. The van der Waals surface area contributed by atoms with Crippen LogP contribution in [0.15, 0.2) is 24.3 Å². The molecule has 0 bridgehead atoms. The molecular weight excluding hydrogens is 311 g/mol. The number of ether oxygens (including phenoxy) is 1. The zero-order chi connectivity index (χ0) is 16.2. The van der Waals surface area contributed by atoms with E-state index in [0.29, 0.717) is 25.1 Å². The lowest BCUT2D eigenvalue weighted by Gasteiger charge is -2.21. The van der Waals surface area contributed by atoms with Crippen LogP contribution in [0.2, 0.25) is 0 Å². The molecule has 0 spiro atoms. The van der Waals surface area contributed by atoms with Crippen LogP contribution in [0.3, 0.4) is 0 Å². The number of hydrogen-bond acceptors (Lipinski definition) is 4. The largest absolute Gasteiger partial charge is 0.492 e. The molecule has 2 rings (SSSR count). The van der Waals surface area contributed by atoms with Crippen molar-refractivity contribution in [3.8, 4) is 5.75 Å². The first-order valence-corrected chi connectivity index (χ1v) is 8.85. The second kappa shape index (κ2) is 7.06. The lowest BCUT2D eigenvalue weighted by Crippen LogP contribution is -2.46. The molecule has 1 aliphatic heterocycles. The van der Waals surface area contributed by atoms with Crippen LogP contribution in [-0.2, 0) is 14.8 Å². The van der Waals surface area contributed by atoms with Gasteiger partial charge in [-0.3, -0.25) is 4.79 Å². The van der Waals surface area contributed by atoms with Crippen molar-refractivity contribution in [1.29, 1.82) is 0 Å². The van der Waals surface area contributed by atoms with Crippen molar-refractivity contribution in [1.82, 2.24) is 9.62 Å². The Morgan fingerprint density at radius 1 is 1.50 bits per heavy atom. The highest BCUT2D eigenvalue weighted by molar-refractivity contribution is 7.88. The van der Waals surface area contributed by atoms with Gasteiger partial charge in [-0.05, 0) is 25.0 Å². The molecule has 1 atom stereocenters. The molecule has 1 fully saturated rings. The molecule has 0 radical (unpaired) electrons. The van der Waals surface area contributed by atoms with Crippen LogP contribution in [0, 0.1) is 5.82 Å². The average molecular weight is 330 g/mol. The highest BCUT2D eigenvalue weighted by Gasteiger charge is 2.36. The van der Waals surface area contributed by atoms with Crippen LogP contribution in [0.5, 0.6) is 5.75 Å². The van der Waals surface area contributed by atoms with E-state index in [2.05, 4.69) is 5.32 Å². The predicted octanol–water partition coefficient (Wildman–Crippen LogP) is 0.745. The molecule has 22 heavy (non-hydrogen) atoms. The van der Waals surface area contributed by atoms with Gasteiger partial charge >= 0.3 is 0 Å². The van der Waals surface area contributed by atoms with Gasteiger partial charge in [-0.1, -0.05) is 6.07 Å². The Kier molecular flexibility index (Phi) is 5.36. The molecule has 1 N–H and O–H groups in total. The van der Waals surface area contributed by atoms with E-state index in [-0.39, 0.29) is 19.1 Å². The van der Waals surface area contributed by atoms with Crippen LogP contribution >= 0.6 is 0 Å². The third-order valence-electron chi connectivity index (χ3n) is 3.40. The second-order valence-electron chi connectivity index (χ2n) is 5.13. The van der Waals surface area contributed by atoms with Crippen molar-refractivity contribution in [3.05, 3.63) is 30.1 Å². The average Bonchev–Trinajstić information content (AvgIpc) is 2.93. The lowest BCUT2D eigenvalue weighted by atomic mass is 10.2. The highest BCUT2D eigenvalue weighted by atomic mass is 32.2. The standard InChI is InChI=1S/C14H19FN2O4S/c1-22(19,20)17-8-3-6-13(17)14(18)16-7-9-21-12-5-2-4-11(15)10-12/h2,4-5,10,13H,3,6-9H2,1H3,(H,16,18)/t13-/m0/s1. The summed E-state index contributed by atoms with van der Waals surface area (Å²) in [6, 6.07) is 5.07. The molecule has 1 aromatic rings. The summed E-state index contributed by atoms with van der Waals surface area (Å²) in [6.45, 7) is 0.779. The third-order valence-corrected chi connectivity index (χ3v) is 4.69. The summed E-state index contributed by atoms with van der Waals surface area (Å²) >= 11 is 0. The maximum absolute atomic E-state index is 13.0. The molecule has 1 saturated heterocycles. The van der Waals surface area contributed by atoms with Crippen molar-refractivity contribution in [2.45, 2.75) is 18.9 Å². The number of carbonyl (C=O) groups is 1. The van der Waals surface area contributed by atoms with Gasteiger partial charge in [0.15, 0.2) is 0 Å². The van der Waals surface area contributed by atoms with E-state index in [1.165, 1.54) is 22.5 Å². The fourth-order valence-corrected chi connectivity index (χ4v) is 3.54. The molecular formula is C14H19FN2O4S. The summed E-state index contributed by atoms with van der Waals surface area (Å²) in [5.41, 5.74) is 0. The van der Waals surface area contributed by atoms with Crippen LogP contribution in [0.1, 0.15) is 12.8 Å². The van der Waals surface area contributed by atoms with E-state index in [1.807, 2.05) is 0 Å². The molecule has 0 aromatic heterocycles. The Bertz CT molecular complexity index is 635. The molecule has 0 unspecified atom stereocenters. The maximum Gasteiger partial charge on any atom is 0.238 e. The lowest BCUT2D eigenvalue weighted by molar-refractivity contribution is -0.124. The van der Waals surface area contributed by atoms with Gasteiger partial charge in [0.25, 0.3) is 0 Å². The van der Waals surface area contributed by atoms with Crippen LogP contribution in [0.25, 0.3) is 0 Å². The molecule has 122 valence electrons. The van der Waals surface area contributed by atoms with Gasteiger partial charge in [0, 0.05) is 12.6 Å². The van der Waals surface area contributed by atoms with Gasteiger partial charge in [0.1, 0.15) is 24.2 Å². The molecule has 0 saturated carbocycles. The fourth-order valence-electron chi connectivity index (χ4n) is 2.42. The van der Waals surface area contributed by atoms with Crippen LogP contribution in [0.4, 0.5) is 4.39 Å². The van der Waals surface area contributed by atoms with Gasteiger partial charge in [0.2, 0.25) is 15.9 Å². The maximum atomic E-state index is 13.0. The smallest absolute Gasteiger partial charge is 0.238 e. The summed E-state index contributed by atoms with van der Waals surface area (Å²) in [5.74, 6) is -0.338. The minimum absolute atomic E-state index is 0.181. The van der Waals surface area contributed by atoms with Crippen molar-refractivity contribution in [3.63, 3.8) is 0 Å². The fraction of sp³-hybridized carbons (Fsp3) is 0.500. The first kappa shape index (κ1) is 16.7. The first-order valence-electron chi connectivity index (χ1n) is 7.01. The number of amides is 1. The van der Waals surface area contributed by atoms with Gasteiger partial charge in [0.05, 0.1) is 12.8 Å². The summed E-state index contributed by atoms with van der Waals surface area (Å²) < 4.78 is 42.6. The van der Waals surface area contributed by atoms with Crippen molar-refractivity contribution in [2.24, 2.45) is 0 Å². The molecule has 1 aromatic carbocycles. The van der Waals surface area contributed by atoms with Crippen LogP contribution < -0.4 is 10.1 Å². The van der Waals surface area contributed by atoms with E-state index in [0.717, 1.165) is 6.26 Å². The molecule has 1 aliphatic rings. The van der Waals surface area contributed by atoms with Crippen molar-refractivity contribution in [2.75, 3.05) is 26.0 Å². The number of nitrogens with one attached hydrogen (secondary N) is 1. The van der Waals surface area contributed by atoms with E-state index in [1.54, 1.807) is 6.07 Å². The second-order valence-corrected chi connectivity index (χ2v) is 7.06. The van der Waals surface area contributed by atoms with E-state index in [9.17, 15) is 17.6 Å². The van der Waals surface area contributed by atoms with Crippen molar-refractivity contribution >= 4 is 15.9 Å². The molecule has 1 heterocycles. The molecule has 6 nitrogen and oxygen atoms in total. The van der Waals surface area contributed by atoms with Gasteiger partial charge in [-0.15, -0.1) is 0 Å². The Morgan fingerprint density at radius 3 is 2.95 bits per heavy atom. The Hall–Kier alpha value is -1.67. The zero-order valence-corrected chi connectivity index (χ0v) is 13.1. The Labute approximate surface area is 129 Å². The zero-order valence-electron chi connectivity index (χ0n) is 12.3. The molecule has 0 aliphatic carbocycles. The minimum atomic E-state index is -3.38. The monoisotopic (exact) mass is 330 g/mol. The van der Waals surface area contributed by atoms with Crippen LogP contribution in [-0.4, -0.2) is 50.6 Å². The third kappa shape index (κ3) is 4.41. The number of carbonyl (C=O) groups excluding carboxylic acids is 1. The highest BCUT2D eigenvalue weighted by Crippen LogP contribution is 2.20. The minimum Gasteiger partial charge on any atom is -0.492 e. The van der Waals surface area contributed by atoms with E-state index >= 15 is 0 Å². The Balaban J connectivity index is 1.78. The molecule has 8 heteroatoms.